The number of amides is 1. The highest BCUT2D eigenvalue weighted by Gasteiger charge is 2.39. The van der Waals surface area contributed by atoms with Gasteiger partial charge in [0.25, 0.3) is 0 Å². The van der Waals surface area contributed by atoms with Gasteiger partial charge in [-0.15, -0.1) is 0 Å². The topological polar surface area (TPSA) is 58.4 Å². The predicted octanol–water partition coefficient (Wildman–Crippen LogP) is 1.50. The highest BCUT2D eigenvalue weighted by atomic mass is 16.2. The Labute approximate surface area is 117 Å². The SMILES string of the molecule is CCN1CCC(NC(=O)C2(CN)CCCCC2)CC1. The lowest BCUT2D eigenvalue weighted by Gasteiger charge is -2.38. The second-order valence-corrected chi connectivity index (χ2v) is 6.23. The minimum absolute atomic E-state index is 0.227. The first kappa shape index (κ1) is 14.8. The van der Waals surface area contributed by atoms with E-state index in [1.807, 2.05) is 0 Å². The maximum Gasteiger partial charge on any atom is 0.227 e. The van der Waals surface area contributed by atoms with Crippen LogP contribution in [0.5, 0.6) is 0 Å². The first-order valence-electron chi connectivity index (χ1n) is 7.93. The van der Waals surface area contributed by atoms with Gasteiger partial charge in [0, 0.05) is 25.7 Å². The number of likely N-dealkylation sites (tertiary alicyclic amines) is 1. The Morgan fingerprint density at radius 3 is 2.42 bits per heavy atom. The maximum absolute atomic E-state index is 12.6. The number of piperidine rings is 1. The van der Waals surface area contributed by atoms with Crippen molar-refractivity contribution in [2.24, 2.45) is 11.1 Å². The summed E-state index contributed by atoms with van der Waals surface area (Å²) in [7, 11) is 0. The summed E-state index contributed by atoms with van der Waals surface area (Å²) in [6.45, 7) is 6.04. The lowest BCUT2D eigenvalue weighted by atomic mass is 9.73. The number of nitrogens with zero attached hydrogens (tertiary/aromatic N) is 1. The van der Waals surface area contributed by atoms with E-state index in [9.17, 15) is 4.79 Å². The molecule has 0 radical (unpaired) electrons. The van der Waals surface area contributed by atoms with Crippen LogP contribution < -0.4 is 11.1 Å². The van der Waals surface area contributed by atoms with Crippen molar-refractivity contribution in [2.45, 2.75) is 57.9 Å². The van der Waals surface area contributed by atoms with E-state index in [0.717, 1.165) is 58.2 Å². The van der Waals surface area contributed by atoms with Crippen molar-refractivity contribution in [2.75, 3.05) is 26.2 Å². The van der Waals surface area contributed by atoms with E-state index >= 15 is 0 Å². The monoisotopic (exact) mass is 267 g/mol. The molecule has 1 saturated carbocycles. The average Bonchev–Trinajstić information content (AvgIpc) is 2.48. The molecule has 1 amide bonds. The Morgan fingerprint density at radius 2 is 1.89 bits per heavy atom. The van der Waals surface area contributed by atoms with Gasteiger partial charge in [-0.3, -0.25) is 4.79 Å². The van der Waals surface area contributed by atoms with E-state index in [1.165, 1.54) is 6.42 Å². The van der Waals surface area contributed by atoms with Gasteiger partial charge in [-0.05, 0) is 32.2 Å². The third-order valence-electron chi connectivity index (χ3n) is 5.05. The predicted molar refractivity (Wildman–Crippen MR) is 77.9 cm³/mol. The molecule has 0 bridgehead atoms. The smallest absolute Gasteiger partial charge is 0.227 e. The number of hydrogen-bond acceptors (Lipinski definition) is 3. The van der Waals surface area contributed by atoms with Crippen LogP contribution in [-0.2, 0) is 4.79 Å². The molecule has 0 aromatic rings. The fourth-order valence-corrected chi connectivity index (χ4v) is 3.48. The number of hydrogen-bond donors (Lipinski definition) is 2. The normalized spacial score (nSPS) is 25.2. The van der Waals surface area contributed by atoms with E-state index < -0.39 is 0 Å². The molecular formula is C15H29N3O. The van der Waals surface area contributed by atoms with Crippen molar-refractivity contribution in [1.82, 2.24) is 10.2 Å². The van der Waals surface area contributed by atoms with Crippen molar-refractivity contribution >= 4 is 5.91 Å². The molecule has 2 rings (SSSR count). The Bertz CT molecular complexity index is 292. The molecule has 1 heterocycles. The van der Waals surface area contributed by atoms with Crippen LogP contribution in [0, 0.1) is 5.41 Å². The molecule has 0 aromatic carbocycles. The molecule has 4 nitrogen and oxygen atoms in total. The molecule has 0 atom stereocenters. The van der Waals surface area contributed by atoms with Crippen molar-refractivity contribution in [3.63, 3.8) is 0 Å². The molecular weight excluding hydrogens is 238 g/mol. The van der Waals surface area contributed by atoms with E-state index in [-0.39, 0.29) is 11.3 Å². The number of carbonyl (C=O) groups is 1. The molecule has 110 valence electrons. The molecule has 3 N–H and O–H groups in total. The third-order valence-corrected chi connectivity index (χ3v) is 5.05. The van der Waals surface area contributed by atoms with Crippen LogP contribution in [0.1, 0.15) is 51.9 Å². The third kappa shape index (κ3) is 3.48. The first-order valence-corrected chi connectivity index (χ1v) is 7.93. The van der Waals surface area contributed by atoms with Crippen molar-refractivity contribution in [3.05, 3.63) is 0 Å². The van der Waals surface area contributed by atoms with E-state index in [0.29, 0.717) is 12.6 Å². The van der Waals surface area contributed by atoms with Gasteiger partial charge in [0.05, 0.1) is 5.41 Å². The van der Waals surface area contributed by atoms with Crippen LogP contribution in [0.25, 0.3) is 0 Å². The lowest BCUT2D eigenvalue weighted by molar-refractivity contribution is -0.133. The molecule has 0 spiro atoms. The van der Waals surface area contributed by atoms with Crippen molar-refractivity contribution < 1.29 is 4.79 Å². The quantitative estimate of drug-likeness (QED) is 0.811. The van der Waals surface area contributed by atoms with Gasteiger partial charge in [-0.2, -0.15) is 0 Å². The van der Waals surface area contributed by atoms with E-state index in [1.54, 1.807) is 0 Å². The van der Waals surface area contributed by atoms with E-state index in [4.69, 9.17) is 5.73 Å². The Kier molecular flexibility index (Phi) is 5.22. The van der Waals surface area contributed by atoms with Crippen molar-refractivity contribution in [3.8, 4) is 0 Å². The van der Waals surface area contributed by atoms with Crippen LogP contribution in [-0.4, -0.2) is 43.0 Å². The van der Waals surface area contributed by atoms with Gasteiger partial charge in [0.2, 0.25) is 5.91 Å². The second kappa shape index (κ2) is 6.71. The molecule has 0 aromatic heterocycles. The minimum Gasteiger partial charge on any atom is -0.353 e. The Balaban J connectivity index is 1.86. The number of nitrogens with one attached hydrogen (secondary N) is 1. The summed E-state index contributed by atoms with van der Waals surface area (Å²) in [4.78, 5) is 15.0. The summed E-state index contributed by atoms with van der Waals surface area (Å²) in [6.07, 6.45) is 7.68. The summed E-state index contributed by atoms with van der Waals surface area (Å²) in [5, 5.41) is 3.28. The standard InChI is InChI=1S/C15H29N3O/c1-2-18-10-6-13(7-11-18)17-14(19)15(12-16)8-4-3-5-9-15/h13H,2-12,16H2,1H3,(H,17,19). The van der Waals surface area contributed by atoms with Gasteiger partial charge in [0.15, 0.2) is 0 Å². The van der Waals surface area contributed by atoms with Crippen molar-refractivity contribution in [1.29, 1.82) is 0 Å². The zero-order chi connectivity index (χ0) is 13.7. The fraction of sp³-hybridized carbons (Fsp3) is 0.933. The second-order valence-electron chi connectivity index (χ2n) is 6.23. The van der Waals surface area contributed by atoms with Crippen LogP contribution in [0.3, 0.4) is 0 Å². The molecule has 1 saturated heterocycles. The highest BCUT2D eigenvalue weighted by molar-refractivity contribution is 5.83. The van der Waals surface area contributed by atoms with Gasteiger partial charge >= 0.3 is 0 Å². The highest BCUT2D eigenvalue weighted by Crippen LogP contribution is 2.35. The van der Waals surface area contributed by atoms with Crippen LogP contribution in [0.15, 0.2) is 0 Å². The largest absolute Gasteiger partial charge is 0.353 e. The molecule has 0 unspecified atom stereocenters. The number of rotatable bonds is 4. The fourth-order valence-electron chi connectivity index (χ4n) is 3.48. The summed E-state index contributed by atoms with van der Waals surface area (Å²) in [6, 6.07) is 0.362. The van der Waals surface area contributed by atoms with Gasteiger partial charge in [-0.1, -0.05) is 26.2 Å². The molecule has 1 aliphatic heterocycles. The molecule has 1 aliphatic carbocycles. The molecule has 4 heteroatoms. The molecule has 19 heavy (non-hydrogen) atoms. The van der Waals surface area contributed by atoms with Gasteiger partial charge in [0.1, 0.15) is 0 Å². The van der Waals surface area contributed by atoms with Gasteiger partial charge < -0.3 is 16.0 Å². The van der Waals surface area contributed by atoms with Crippen LogP contribution in [0.2, 0.25) is 0 Å². The number of nitrogens with two attached hydrogens (primary N) is 1. The summed E-state index contributed by atoms with van der Waals surface area (Å²) in [5.74, 6) is 0.227. The zero-order valence-corrected chi connectivity index (χ0v) is 12.3. The summed E-state index contributed by atoms with van der Waals surface area (Å²) in [5.41, 5.74) is 5.66. The summed E-state index contributed by atoms with van der Waals surface area (Å²) >= 11 is 0. The maximum atomic E-state index is 12.6. The Morgan fingerprint density at radius 1 is 1.26 bits per heavy atom. The van der Waals surface area contributed by atoms with Crippen LogP contribution in [0.4, 0.5) is 0 Å². The molecule has 2 aliphatic rings. The van der Waals surface area contributed by atoms with Crippen LogP contribution >= 0.6 is 0 Å². The molecule has 2 fully saturated rings. The zero-order valence-electron chi connectivity index (χ0n) is 12.3. The van der Waals surface area contributed by atoms with E-state index in [2.05, 4.69) is 17.1 Å². The number of carbonyl (C=O) groups excluding carboxylic acids is 1. The van der Waals surface area contributed by atoms with Gasteiger partial charge in [-0.25, -0.2) is 0 Å². The Hall–Kier alpha value is -0.610. The lowest BCUT2D eigenvalue weighted by Crippen LogP contribution is -2.52. The average molecular weight is 267 g/mol. The first-order chi connectivity index (χ1) is 9.20. The minimum atomic E-state index is -0.264. The summed E-state index contributed by atoms with van der Waals surface area (Å²) < 4.78 is 0.